The number of aromatic nitrogens is 2. The smallest absolute Gasteiger partial charge is 0.410 e. The fourth-order valence-electron chi connectivity index (χ4n) is 2.51. The maximum absolute atomic E-state index is 12.4. The maximum atomic E-state index is 12.4. The molecule has 0 unspecified atom stereocenters. The number of nitrogen functional groups attached to an aromatic ring is 1. The number of methoxy groups -OCH3 is 1. The van der Waals surface area contributed by atoms with Gasteiger partial charge in [-0.15, -0.1) is 0 Å². The van der Waals surface area contributed by atoms with Crippen molar-refractivity contribution in [2.45, 2.75) is 44.9 Å². The van der Waals surface area contributed by atoms with Gasteiger partial charge in [0.05, 0.1) is 12.1 Å². The van der Waals surface area contributed by atoms with Gasteiger partial charge in [0.2, 0.25) is 0 Å². The fraction of sp³-hybridized carbons (Fsp3) is 0.667. The molecule has 0 saturated carbocycles. The summed E-state index contributed by atoms with van der Waals surface area (Å²) in [5, 5.41) is 0.123. The van der Waals surface area contributed by atoms with Crippen molar-refractivity contribution in [3.05, 3.63) is 11.5 Å². The molecule has 9 heteroatoms. The van der Waals surface area contributed by atoms with Gasteiger partial charge >= 0.3 is 6.09 Å². The molecule has 8 nitrogen and oxygen atoms in total. The molecule has 1 amide bonds. The molecule has 0 bridgehead atoms. The SMILES string of the molecule is CO[C@H]1CCN(C(=O)OC(C)(C)C)[C@@H]1COc1c(N)ncnc1Cl. The first kappa shape index (κ1) is 18.5. The van der Waals surface area contributed by atoms with E-state index in [0.29, 0.717) is 13.0 Å². The van der Waals surface area contributed by atoms with Crippen molar-refractivity contribution in [1.29, 1.82) is 0 Å². The number of nitrogens with zero attached hydrogens (tertiary/aromatic N) is 3. The highest BCUT2D eigenvalue weighted by Crippen LogP contribution is 2.29. The molecule has 2 atom stereocenters. The van der Waals surface area contributed by atoms with E-state index in [9.17, 15) is 4.79 Å². The van der Waals surface area contributed by atoms with Crippen LogP contribution in [0.15, 0.2) is 6.33 Å². The molecule has 134 valence electrons. The molecule has 2 rings (SSSR count). The minimum Gasteiger partial charge on any atom is -0.485 e. The highest BCUT2D eigenvalue weighted by molar-refractivity contribution is 6.31. The van der Waals surface area contributed by atoms with E-state index in [1.54, 1.807) is 12.0 Å². The van der Waals surface area contributed by atoms with E-state index in [1.807, 2.05) is 20.8 Å². The normalized spacial score (nSPS) is 21.0. The molecule has 1 aromatic rings. The largest absolute Gasteiger partial charge is 0.485 e. The number of nitrogens with two attached hydrogens (primary N) is 1. The second-order valence-corrected chi connectivity index (χ2v) is 6.85. The zero-order valence-electron chi connectivity index (χ0n) is 14.3. The number of anilines is 1. The number of hydrogen-bond donors (Lipinski definition) is 1. The Morgan fingerprint density at radius 1 is 1.46 bits per heavy atom. The van der Waals surface area contributed by atoms with Crippen LogP contribution in [0.3, 0.4) is 0 Å². The van der Waals surface area contributed by atoms with Crippen LogP contribution < -0.4 is 10.5 Å². The van der Waals surface area contributed by atoms with Crippen LogP contribution in [0, 0.1) is 0 Å². The standard InChI is InChI=1S/C15H23ClN4O4/c1-15(2,3)24-14(21)20-6-5-10(22-4)9(20)7-23-11-12(16)18-8-19-13(11)17/h8-10H,5-7H2,1-4H3,(H2,17,18,19)/t9-,10+/m1/s1. The van der Waals surface area contributed by atoms with Gasteiger partial charge in [0.15, 0.2) is 16.7 Å². The Morgan fingerprint density at radius 3 is 2.75 bits per heavy atom. The number of halogens is 1. The van der Waals surface area contributed by atoms with Gasteiger partial charge in [-0.1, -0.05) is 11.6 Å². The number of amides is 1. The van der Waals surface area contributed by atoms with Crippen molar-refractivity contribution in [1.82, 2.24) is 14.9 Å². The minimum absolute atomic E-state index is 0.123. The molecule has 24 heavy (non-hydrogen) atoms. The number of hydrogen-bond acceptors (Lipinski definition) is 7. The topological polar surface area (TPSA) is 99.8 Å². The van der Waals surface area contributed by atoms with Gasteiger partial charge in [-0.3, -0.25) is 4.90 Å². The average Bonchev–Trinajstić information content (AvgIpc) is 2.88. The van der Waals surface area contributed by atoms with Crippen LogP contribution in [0.1, 0.15) is 27.2 Å². The number of ether oxygens (including phenoxy) is 3. The van der Waals surface area contributed by atoms with E-state index in [-0.39, 0.29) is 35.5 Å². The van der Waals surface area contributed by atoms with E-state index >= 15 is 0 Å². The summed E-state index contributed by atoms with van der Waals surface area (Å²) in [5.41, 5.74) is 5.18. The van der Waals surface area contributed by atoms with Crippen molar-refractivity contribution in [2.75, 3.05) is 26.0 Å². The lowest BCUT2D eigenvalue weighted by molar-refractivity contribution is 0.00193. The molecular formula is C15H23ClN4O4. The maximum Gasteiger partial charge on any atom is 0.410 e. The molecule has 0 radical (unpaired) electrons. The Hall–Kier alpha value is -1.80. The lowest BCUT2D eigenvalue weighted by Gasteiger charge is -2.30. The van der Waals surface area contributed by atoms with Crippen LogP contribution in [-0.4, -0.2) is 59.0 Å². The van der Waals surface area contributed by atoms with Crippen LogP contribution in [0.2, 0.25) is 5.15 Å². The van der Waals surface area contributed by atoms with E-state index < -0.39 is 11.7 Å². The summed E-state index contributed by atoms with van der Waals surface area (Å²) in [6, 6.07) is -0.319. The first-order chi connectivity index (χ1) is 11.2. The quantitative estimate of drug-likeness (QED) is 0.822. The molecule has 0 aliphatic carbocycles. The summed E-state index contributed by atoms with van der Waals surface area (Å²) >= 11 is 5.98. The number of carbonyl (C=O) groups is 1. The van der Waals surface area contributed by atoms with Gasteiger partial charge in [-0.2, -0.15) is 0 Å². The molecule has 1 saturated heterocycles. The van der Waals surface area contributed by atoms with Crippen molar-refractivity contribution >= 4 is 23.5 Å². The predicted octanol–water partition coefficient (Wildman–Crippen LogP) is 2.12. The fourth-order valence-corrected chi connectivity index (χ4v) is 2.71. The summed E-state index contributed by atoms with van der Waals surface area (Å²) < 4.78 is 16.6. The predicted molar refractivity (Wildman–Crippen MR) is 89.1 cm³/mol. The zero-order chi connectivity index (χ0) is 17.9. The first-order valence-electron chi connectivity index (χ1n) is 7.64. The van der Waals surface area contributed by atoms with Crippen LogP contribution in [0.4, 0.5) is 10.6 Å². The highest BCUT2D eigenvalue weighted by atomic mass is 35.5. The molecule has 2 heterocycles. The molecule has 1 aliphatic heterocycles. The van der Waals surface area contributed by atoms with Crippen LogP contribution in [0.25, 0.3) is 0 Å². The molecule has 1 aliphatic rings. The summed E-state index contributed by atoms with van der Waals surface area (Å²) in [7, 11) is 1.60. The van der Waals surface area contributed by atoms with Gasteiger partial charge in [0, 0.05) is 13.7 Å². The molecule has 0 spiro atoms. The third-order valence-electron chi connectivity index (χ3n) is 3.60. The number of carbonyl (C=O) groups excluding carboxylic acids is 1. The van der Waals surface area contributed by atoms with E-state index in [4.69, 9.17) is 31.5 Å². The van der Waals surface area contributed by atoms with Gasteiger partial charge in [0.25, 0.3) is 0 Å². The Balaban J connectivity index is 2.10. The van der Waals surface area contributed by atoms with E-state index in [2.05, 4.69) is 9.97 Å². The number of likely N-dealkylation sites (tertiary alicyclic amines) is 1. The first-order valence-corrected chi connectivity index (χ1v) is 8.02. The second kappa shape index (κ2) is 7.40. The van der Waals surface area contributed by atoms with Crippen molar-refractivity contribution in [3.63, 3.8) is 0 Å². The van der Waals surface area contributed by atoms with Crippen LogP contribution >= 0.6 is 11.6 Å². The lowest BCUT2D eigenvalue weighted by Crippen LogP contribution is -2.46. The monoisotopic (exact) mass is 358 g/mol. The Bertz CT molecular complexity index is 573. The van der Waals surface area contributed by atoms with Gasteiger partial charge in [0.1, 0.15) is 18.5 Å². The Kier molecular flexibility index (Phi) is 5.71. The highest BCUT2D eigenvalue weighted by Gasteiger charge is 2.40. The molecule has 1 fully saturated rings. The Labute approximate surface area is 146 Å². The van der Waals surface area contributed by atoms with Crippen molar-refractivity contribution in [2.24, 2.45) is 0 Å². The van der Waals surface area contributed by atoms with Crippen LogP contribution in [-0.2, 0) is 9.47 Å². The van der Waals surface area contributed by atoms with Gasteiger partial charge < -0.3 is 19.9 Å². The van der Waals surface area contributed by atoms with Crippen molar-refractivity contribution in [3.8, 4) is 5.75 Å². The zero-order valence-corrected chi connectivity index (χ0v) is 15.0. The van der Waals surface area contributed by atoms with Gasteiger partial charge in [-0.25, -0.2) is 14.8 Å². The third kappa shape index (κ3) is 4.39. The van der Waals surface area contributed by atoms with E-state index in [0.717, 1.165) is 0 Å². The van der Waals surface area contributed by atoms with Gasteiger partial charge in [-0.05, 0) is 27.2 Å². The summed E-state index contributed by atoms with van der Waals surface area (Å²) in [4.78, 5) is 21.7. The Morgan fingerprint density at radius 2 is 2.17 bits per heavy atom. The lowest BCUT2D eigenvalue weighted by atomic mass is 10.2. The average molecular weight is 359 g/mol. The number of rotatable bonds is 4. The van der Waals surface area contributed by atoms with E-state index in [1.165, 1.54) is 6.33 Å². The molecule has 1 aromatic heterocycles. The second-order valence-electron chi connectivity index (χ2n) is 6.49. The molecular weight excluding hydrogens is 336 g/mol. The van der Waals surface area contributed by atoms with Crippen LogP contribution in [0.5, 0.6) is 5.75 Å². The summed E-state index contributed by atoms with van der Waals surface area (Å²) in [5.74, 6) is 0.343. The molecule has 0 aromatic carbocycles. The van der Waals surface area contributed by atoms with Crippen molar-refractivity contribution < 1.29 is 19.0 Å². The third-order valence-corrected chi connectivity index (χ3v) is 3.87. The summed E-state index contributed by atoms with van der Waals surface area (Å²) in [6.07, 6.45) is 1.38. The molecule has 2 N–H and O–H groups in total. The minimum atomic E-state index is -0.575. The summed E-state index contributed by atoms with van der Waals surface area (Å²) in [6.45, 7) is 6.14.